The molecule has 1 saturated heterocycles. The Morgan fingerprint density at radius 1 is 1.50 bits per heavy atom. The van der Waals surface area contributed by atoms with Crippen molar-refractivity contribution in [2.45, 2.75) is 13.0 Å². The smallest absolute Gasteiger partial charge is 0.303 e. The second kappa shape index (κ2) is 5.97. The third-order valence-corrected chi connectivity index (χ3v) is 3.78. The third kappa shape index (κ3) is 3.82. The molecule has 6 heteroatoms. The molecule has 1 amide bonds. The number of nitrogens with one attached hydrogen (secondary N) is 1. The van der Waals surface area contributed by atoms with Gasteiger partial charge in [0.1, 0.15) is 0 Å². The number of rotatable bonds is 6. The lowest BCUT2D eigenvalue weighted by atomic mass is 9.96. The van der Waals surface area contributed by atoms with E-state index in [2.05, 4.69) is 5.32 Å². The number of amides is 1. The van der Waals surface area contributed by atoms with Gasteiger partial charge < -0.3 is 10.4 Å². The van der Waals surface area contributed by atoms with Crippen LogP contribution in [0.2, 0.25) is 0 Å². The van der Waals surface area contributed by atoms with Crippen LogP contribution in [0.15, 0.2) is 17.5 Å². The summed E-state index contributed by atoms with van der Waals surface area (Å²) in [5, 5.41) is 13.4. The lowest BCUT2D eigenvalue weighted by molar-refractivity contribution is -0.139. The van der Waals surface area contributed by atoms with Gasteiger partial charge in [0.25, 0.3) is 0 Å². The summed E-state index contributed by atoms with van der Waals surface area (Å²) < 4.78 is 0. The van der Waals surface area contributed by atoms with Crippen molar-refractivity contribution in [3.8, 4) is 0 Å². The number of likely N-dealkylation sites (tertiary alicyclic amines) is 1. The van der Waals surface area contributed by atoms with Crippen LogP contribution in [-0.2, 0) is 16.1 Å². The van der Waals surface area contributed by atoms with Crippen LogP contribution in [0, 0.1) is 5.92 Å². The highest BCUT2D eigenvalue weighted by Crippen LogP contribution is 2.18. The summed E-state index contributed by atoms with van der Waals surface area (Å²) in [5.41, 5.74) is 0. The van der Waals surface area contributed by atoms with Gasteiger partial charge in [0.05, 0.1) is 19.5 Å². The number of hydrogen-bond acceptors (Lipinski definition) is 4. The average Bonchev–Trinajstić information content (AvgIpc) is 2.75. The minimum absolute atomic E-state index is 0.00262. The monoisotopic (exact) mass is 268 g/mol. The van der Waals surface area contributed by atoms with Crippen molar-refractivity contribution in [3.63, 3.8) is 0 Å². The number of aliphatic carboxylic acids is 1. The molecule has 5 nitrogen and oxygen atoms in total. The summed E-state index contributed by atoms with van der Waals surface area (Å²) in [6.45, 7) is 2.35. The molecule has 1 fully saturated rings. The van der Waals surface area contributed by atoms with Crippen molar-refractivity contribution in [1.29, 1.82) is 0 Å². The van der Waals surface area contributed by atoms with Gasteiger partial charge in [0, 0.05) is 18.0 Å². The van der Waals surface area contributed by atoms with Crippen LogP contribution < -0.4 is 5.32 Å². The number of nitrogens with zero attached hydrogens (tertiary/aromatic N) is 1. The molecular weight excluding hydrogens is 252 g/mol. The first kappa shape index (κ1) is 13.0. The molecule has 0 radical (unpaired) electrons. The second-order valence-corrected chi connectivity index (χ2v) is 5.55. The van der Waals surface area contributed by atoms with E-state index in [1.165, 1.54) is 0 Å². The Balaban J connectivity index is 1.60. The highest BCUT2D eigenvalue weighted by atomic mass is 32.1. The Bertz CT molecular complexity index is 413. The van der Waals surface area contributed by atoms with Gasteiger partial charge in [0.2, 0.25) is 5.91 Å². The quantitative estimate of drug-likeness (QED) is 0.799. The van der Waals surface area contributed by atoms with Crippen molar-refractivity contribution in [3.05, 3.63) is 22.4 Å². The SMILES string of the molecule is O=C(O)CC1CN(CC(=O)NCc2cccs2)C1. The van der Waals surface area contributed by atoms with Gasteiger partial charge >= 0.3 is 5.97 Å². The Morgan fingerprint density at radius 3 is 2.89 bits per heavy atom. The molecule has 2 N–H and O–H groups in total. The van der Waals surface area contributed by atoms with E-state index < -0.39 is 5.97 Å². The van der Waals surface area contributed by atoms with Crippen LogP contribution in [0.5, 0.6) is 0 Å². The molecule has 1 aliphatic rings. The Hall–Kier alpha value is -1.40. The first-order valence-corrected chi connectivity index (χ1v) is 6.74. The molecule has 0 aliphatic carbocycles. The highest BCUT2D eigenvalue weighted by molar-refractivity contribution is 7.09. The van der Waals surface area contributed by atoms with E-state index in [0.29, 0.717) is 26.2 Å². The Kier molecular flexibility index (Phi) is 4.33. The number of hydrogen-bond donors (Lipinski definition) is 2. The van der Waals surface area contributed by atoms with Crippen molar-refractivity contribution in [1.82, 2.24) is 10.2 Å². The van der Waals surface area contributed by atoms with Gasteiger partial charge in [-0.1, -0.05) is 6.07 Å². The number of carbonyl (C=O) groups excluding carboxylic acids is 1. The molecule has 0 atom stereocenters. The first-order valence-electron chi connectivity index (χ1n) is 5.86. The molecule has 0 spiro atoms. The zero-order valence-electron chi connectivity index (χ0n) is 9.96. The van der Waals surface area contributed by atoms with Crippen LogP contribution in [-0.4, -0.2) is 41.5 Å². The van der Waals surface area contributed by atoms with Gasteiger partial charge in [-0.3, -0.25) is 14.5 Å². The fourth-order valence-electron chi connectivity index (χ4n) is 2.04. The van der Waals surface area contributed by atoms with Gasteiger partial charge in [0.15, 0.2) is 0 Å². The molecule has 0 aromatic carbocycles. The molecule has 0 saturated carbocycles. The molecule has 2 heterocycles. The lowest BCUT2D eigenvalue weighted by Gasteiger charge is -2.37. The average molecular weight is 268 g/mol. The van der Waals surface area contributed by atoms with E-state index >= 15 is 0 Å². The maximum absolute atomic E-state index is 11.6. The molecule has 1 aromatic heterocycles. The number of carboxylic acid groups (broad SMARTS) is 1. The largest absolute Gasteiger partial charge is 0.481 e. The minimum Gasteiger partial charge on any atom is -0.481 e. The summed E-state index contributed by atoms with van der Waals surface area (Å²) in [6.07, 6.45) is 0.202. The summed E-state index contributed by atoms with van der Waals surface area (Å²) in [5.74, 6) is -0.563. The standard InChI is InChI=1S/C12H16N2O3S/c15-11(13-5-10-2-1-3-18-10)8-14-6-9(7-14)4-12(16)17/h1-3,9H,4-8H2,(H,13,15)(H,16,17). The first-order chi connectivity index (χ1) is 8.63. The van der Waals surface area contributed by atoms with E-state index in [9.17, 15) is 9.59 Å². The van der Waals surface area contributed by atoms with Crippen molar-refractivity contribution in [2.75, 3.05) is 19.6 Å². The van der Waals surface area contributed by atoms with Crippen LogP contribution >= 0.6 is 11.3 Å². The van der Waals surface area contributed by atoms with Crippen molar-refractivity contribution in [2.24, 2.45) is 5.92 Å². The minimum atomic E-state index is -0.762. The van der Waals surface area contributed by atoms with E-state index in [0.717, 1.165) is 4.88 Å². The Morgan fingerprint density at radius 2 is 2.28 bits per heavy atom. The van der Waals surface area contributed by atoms with Gasteiger partial charge in [-0.15, -0.1) is 11.3 Å². The molecule has 98 valence electrons. The fourth-order valence-corrected chi connectivity index (χ4v) is 2.68. The summed E-state index contributed by atoms with van der Waals surface area (Å²) in [4.78, 5) is 25.2. The molecule has 18 heavy (non-hydrogen) atoms. The van der Waals surface area contributed by atoms with E-state index in [1.54, 1.807) is 11.3 Å². The maximum Gasteiger partial charge on any atom is 0.303 e. The second-order valence-electron chi connectivity index (χ2n) is 4.51. The van der Waals surface area contributed by atoms with E-state index in [1.807, 2.05) is 22.4 Å². The fraction of sp³-hybridized carbons (Fsp3) is 0.500. The molecule has 2 rings (SSSR count). The van der Waals surface area contributed by atoms with E-state index in [-0.39, 0.29) is 18.2 Å². The predicted octanol–water partition coefficient (Wildman–Crippen LogP) is 0.771. The molecular formula is C12H16N2O3S. The Labute approximate surface area is 109 Å². The molecule has 0 bridgehead atoms. The lowest BCUT2D eigenvalue weighted by Crippen LogP contribution is -2.51. The zero-order valence-corrected chi connectivity index (χ0v) is 10.8. The number of thiophene rings is 1. The number of carbonyl (C=O) groups is 2. The third-order valence-electron chi connectivity index (χ3n) is 2.90. The van der Waals surface area contributed by atoms with Gasteiger partial charge in [-0.2, -0.15) is 0 Å². The molecule has 1 aliphatic heterocycles. The topological polar surface area (TPSA) is 69.6 Å². The normalized spacial score (nSPS) is 16.2. The van der Waals surface area contributed by atoms with Crippen molar-refractivity contribution >= 4 is 23.2 Å². The molecule has 0 unspecified atom stereocenters. The van der Waals surface area contributed by atoms with Crippen LogP contribution in [0.3, 0.4) is 0 Å². The van der Waals surface area contributed by atoms with Gasteiger partial charge in [-0.05, 0) is 17.4 Å². The van der Waals surface area contributed by atoms with Crippen molar-refractivity contribution < 1.29 is 14.7 Å². The van der Waals surface area contributed by atoms with E-state index in [4.69, 9.17) is 5.11 Å². The maximum atomic E-state index is 11.6. The van der Waals surface area contributed by atoms with Crippen LogP contribution in [0.1, 0.15) is 11.3 Å². The molecule has 1 aromatic rings. The highest BCUT2D eigenvalue weighted by Gasteiger charge is 2.29. The number of carboxylic acids is 1. The summed E-state index contributed by atoms with van der Waals surface area (Å²) in [7, 11) is 0. The van der Waals surface area contributed by atoms with Crippen LogP contribution in [0.4, 0.5) is 0 Å². The predicted molar refractivity (Wildman–Crippen MR) is 68.3 cm³/mol. The van der Waals surface area contributed by atoms with Gasteiger partial charge in [-0.25, -0.2) is 0 Å². The summed E-state index contributed by atoms with van der Waals surface area (Å²) in [6, 6.07) is 3.94. The zero-order chi connectivity index (χ0) is 13.0. The van der Waals surface area contributed by atoms with Crippen LogP contribution in [0.25, 0.3) is 0 Å². The summed E-state index contributed by atoms with van der Waals surface area (Å²) >= 11 is 1.62.